The van der Waals surface area contributed by atoms with Gasteiger partial charge in [0.1, 0.15) is 5.82 Å². The number of aryl methyl sites for hydroxylation is 1. The van der Waals surface area contributed by atoms with Crippen LogP contribution in [-0.2, 0) is 22.7 Å². The van der Waals surface area contributed by atoms with E-state index in [0.29, 0.717) is 13.1 Å². The number of hydrogen-bond donors (Lipinski definition) is 0. The van der Waals surface area contributed by atoms with Crippen molar-refractivity contribution in [2.75, 3.05) is 24.2 Å². The number of carbonyl (C=O) groups is 2. The standard InChI is InChI=1S/C23H26N4O2S/c1-3-26-18-9-5-4-8-17(18)24-21(26)16-25(2)22(28)12-13-23(29)27-14-15-30-20-11-7-6-10-19(20)27/h4-11H,3,12-16H2,1-2H3. The van der Waals surface area contributed by atoms with Crippen LogP contribution in [0.4, 0.5) is 5.69 Å². The molecule has 6 nitrogen and oxygen atoms in total. The van der Waals surface area contributed by atoms with Gasteiger partial charge in [-0.25, -0.2) is 4.98 Å². The number of hydrogen-bond acceptors (Lipinski definition) is 4. The molecule has 156 valence electrons. The number of nitrogens with zero attached hydrogens (tertiary/aromatic N) is 4. The highest BCUT2D eigenvalue weighted by Gasteiger charge is 2.23. The molecule has 0 saturated heterocycles. The minimum atomic E-state index is -0.0438. The summed E-state index contributed by atoms with van der Waals surface area (Å²) in [6.45, 7) is 3.99. The molecule has 2 amide bonds. The van der Waals surface area contributed by atoms with Crippen molar-refractivity contribution in [1.82, 2.24) is 14.5 Å². The van der Waals surface area contributed by atoms with Crippen LogP contribution in [0.5, 0.6) is 0 Å². The Kier molecular flexibility index (Phi) is 6.08. The Morgan fingerprint density at radius 1 is 1.10 bits per heavy atom. The van der Waals surface area contributed by atoms with Crippen LogP contribution < -0.4 is 4.90 Å². The van der Waals surface area contributed by atoms with Crippen molar-refractivity contribution < 1.29 is 9.59 Å². The van der Waals surface area contributed by atoms with Crippen LogP contribution in [0.2, 0.25) is 0 Å². The molecule has 0 unspecified atom stereocenters. The summed E-state index contributed by atoms with van der Waals surface area (Å²) >= 11 is 1.77. The van der Waals surface area contributed by atoms with Gasteiger partial charge in [0.05, 0.1) is 23.3 Å². The van der Waals surface area contributed by atoms with Crippen molar-refractivity contribution in [3.63, 3.8) is 0 Å². The summed E-state index contributed by atoms with van der Waals surface area (Å²) in [5.74, 6) is 1.70. The third-order valence-corrected chi connectivity index (χ3v) is 6.48. The highest BCUT2D eigenvalue weighted by atomic mass is 32.2. The van der Waals surface area contributed by atoms with Crippen LogP contribution in [-0.4, -0.2) is 45.6 Å². The molecule has 2 heterocycles. The Morgan fingerprint density at radius 2 is 1.87 bits per heavy atom. The maximum absolute atomic E-state index is 12.8. The fourth-order valence-corrected chi connectivity index (χ4v) is 4.86. The van der Waals surface area contributed by atoms with E-state index in [1.807, 2.05) is 53.4 Å². The summed E-state index contributed by atoms with van der Waals surface area (Å²) in [4.78, 5) is 34.8. The summed E-state index contributed by atoms with van der Waals surface area (Å²) in [6.07, 6.45) is 0.417. The van der Waals surface area contributed by atoms with Gasteiger partial charge in [-0.1, -0.05) is 24.3 Å². The van der Waals surface area contributed by atoms with E-state index in [0.717, 1.165) is 39.7 Å². The third kappa shape index (κ3) is 4.07. The number of carbonyl (C=O) groups excluding carboxylic acids is 2. The number of benzene rings is 2. The molecule has 0 N–H and O–H groups in total. The summed E-state index contributed by atoms with van der Waals surface area (Å²) in [5, 5.41) is 0. The molecular formula is C23H26N4O2S. The number of rotatable bonds is 6. The van der Waals surface area contributed by atoms with E-state index < -0.39 is 0 Å². The lowest BCUT2D eigenvalue weighted by atomic mass is 10.2. The van der Waals surface area contributed by atoms with Crippen molar-refractivity contribution in [1.29, 1.82) is 0 Å². The van der Waals surface area contributed by atoms with E-state index in [1.54, 1.807) is 23.7 Å². The first-order valence-electron chi connectivity index (χ1n) is 10.3. The number of aromatic nitrogens is 2. The Labute approximate surface area is 180 Å². The lowest BCUT2D eigenvalue weighted by molar-refractivity contribution is -0.132. The normalized spacial score (nSPS) is 13.3. The fourth-order valence-electron chi connectivity index (χ4n) is 3.87. The van der Waals surface area contributed by atoms with E-state index in [1.165, 1.54) is 0 Å². The molecule has 0 atom stereocenters. The van der Waals surface area contributed by atoms with E-state index in [9.17, 15) is 9.59 Å². The minimum absolute atomic E-state index is 0.00490. The second-order valence-electron chi connectivity index (χ2n) is 7.37. The molecule has 1 aliphatic heterocycles. The molecule has 0 bridgehead atoms. The second kappa shape index (κ2) is 8.92. The zero-order chi connectivity index (χ0) is 21.1. The first-order valence-corrected chi connectivity index (χ1v) is 11.3. The van der Waals surface area contributed by atoms with E-state index in [2.05, 4.69) is 11.5 Å². The molecule has 1 aromatic heterocycles. The smallest absolute Gasteiger partial charge is 0.227 e. The predicted octanol–water partition coefficient (Wildman–Crippen LogP) is 3.93. The van der Waals surface area contributed by atoms with Gasteiger partial charge in [-0.3, -0.25) is 9.59 Å². The topological polar surface area (TPSA) is 58.4 Å². The second-order valence-corrected chi connectivity index (χ2v) is 8.51. The molecule has 0 spiro atoms. The molecule has 7 heteroatoms. The highest BCUT2D eigenvalue weighted by Crippen LogP contribution is 2.34. The molecule has 4 rings (SSSR count). The Balaban J connectivity index is 1.38. The van der Waals surface area contributed by atoms with Crippen LogP contribution in [0.25, 0.3) is 11.0 Å². The monoisotopic (exact) mass is 422 g/mol. The van der Waals surface area contributed by atoms with Gasteiger partial charge >= 0.3 is 0 Å². The van der Waals surface area contributed by atoms with Crippen LogP contribution in [0.1, 0.15) is 25.6 Å². The van der Waals surface area contributed by atoms with Gasteiger partial charge in [0, 0.05) is 43.6 Å². The van der Waals surface area contributed by atoms with Gasteiger partial charge in [-0.2, -0.15) is 0 Å². The third-order valence-electron chi connectivity index (χ3n) is 5.44. The zero-order valence-electron chi connectivity index (χ0n) is 17.4. The molecular weight excluding hydrogens is 396 g/mol. The molecule has 2 aromatic carbocycles. The van der Waals surface area contributed by atoms with Crippen LogP contribution >= 0.6 is 11.8 Å². The molecule has 30 heavy (non-hydrogen) atoms. The first-order chi connectivity index (χ1) is 14.6. The fraction of sp³-hybridized carbons (Fsp3) is 0.348. The Hall–Kier alpha value is -2.80. The van der Waals surface area contributed by atoms with Gasteiger partial charge in [0.2, 0.25) is 11.8 Å². The maximum atomic E-state index is 12.8. The molecule has 0 fully saturated rings. The van der Waals surface area contributed by atoms with Crippen molar-refractivity contribution in [3.8, 4) is 0 Å². The quantitative estimate of drug-likeness (QED) is 0.604. The number of fused-ring (bicyclic) bond motifs is 2. The molecule has 1 aliphatic rings. The largest absolute Gasteiger partial charge is 0.338 e. The SMILES string of the molecule is CCn1c(CN(C)C(=O)CCC(=O)N2CCSc3ccccc32)nc2ccccc21. The summed E-state index contributed by atoms with van der Waals surface area (Å²) in [7, 11) is 1.78. The van der Waals surface area contributed by atoms with Crippen LogP contribution in [0.3, 0.4) is 0 Å². The maximum Gasteiger partial charge on any atom is 0.227 e. The van der Waals surface area contributed by atoms with E-state index in [4.69, 9.17) is 4.98 Å². The van der Waals surface area contributed by atoms with Gasteiger partial charge < -0.3 is 14.4 Å². The van der Waals surface area contributed by atoms with Gasteiger partial charge in [-0.15, -0.1) is 11.8 Å². The lowest BCUT2D eigenvalue weighted by Crippen LogP contribution is -2.36. The van der Waals surface area contributed by atoms with E-state index in [-0.39, 0.29) is 24.7 Å². The summed E-state index contributed by atoms with van der Waals surface area (Å²) in [6, 6.07) is 16.0. The molecule has 0 aliphatic carbocycles. The average Bonchev–Trinajstić information content (AvgIpc) is 3.13. The zero-order valence-corrected chi connectivity index (χ0v) is 18.2. The molecule has 3 aromatic rings. The highest BCUT2D eigenvalue weighted by molar-refractivity contribution is 7.99. The Morgan fingerprint density at radius 3 is 2.70 bits per heavy atom. The molecule has 0 radical (unpaired) electrons. The number of thioether (sulfide) groups is 1. The summed E-state index contributed by atoms with van der Waals surface area (Å²) < 4.78 is 2.13. The first kappa shape index (κ1) is 20.5. The van der Waals surface area contributed by atoms with Crippen LogP contribution in [0, 0.1) is 0 Å². The van der Waals surface area contributed by atoms with Crippen molar-refractivity contribution >= 4 is 40.3 Å². The van der Waals surface area contributed by atoms with Crippen molar-refractivity contribution in [3.05, 3.63) is 54.4 Å². The number of amides is 2. The number of para-hydroxylation sites is 3. The van der Waals surface area contributed by atoms with Crippen molar-refractivity contribution in [2.24, 2.45) is 0 Å². The van der Waals surface area contributed by atoms with Gasteiger partial charge in [-0.05, 0) is 31.2 Å². The molecule has 0 saturated carbocycles. The number of imidazole rings is 1. The van der Waals surface area contributed by atoms with E-state index >= 15 is 0 Å². The van der Waals surface area contributed by atoms with Crippen LogP contribution in [0.15, 0.2) is 53.4 Å². The average molecular weight is 423 g/mol. The van der Waals surface area contributed by atoms with Gasteiger partial charge in [0.25, 0.3) is 0 Å². The minimum Gasteiger partial charge on any atom is -0.338 e. The lowest BCUT2D eigenvalue weighted by Gasteiger charge is -2.29. The Bertz CT molecular complexity index is 1080. The summed E-state index contributed by atoms with van der Waals surface area (Å²) in [5.41, 5.74) is 2.97. The predicted molar refractivity (Wildman–Crippen MR) is 121 cm³/mol. The van der Waals surface area contributed by atoms with Crippen molar-refractivity contribution in [2.45, 2.75) is 37.8 Å². The van der Waals surface area contributed by atoms with Gasteiger partial charge in [0.15, 0.2) is 0 Å². The number of anilines is 1.